The van der Waals surface area contributed by atoms with Crippen LogP contribution in [0.4, 0.5) is 0 Å². The Kier molecular flexibility index (Phi) is 6.47. The van der Waals surface area contributed by atoms with Crippen LogP contribution >= 0.6 is 0 Å². The van der Waals surface area contributed by atoms with Crippen molar-refractivity contribution in [3.63, 3.8) is 0 Å². The maximum atomic E-state index is 13.9. The molecule has 0 heterocycles. The zero-order chi connectivity index (χ0) is 29.3. The van der Waals surface area contributed by atoms with Crippen molar-refractivity contribution < 1.29 is 43.7 Å². The van der Waals surface area contributed by atoms with E-state index in [1.54, 1.807) is 24.3 Å². The number of hydrogen-bond donors (Lipinski definition) is 3. The molecule has 2 unspecified atom stereocenters. The highest BCUT2D eigenvalue weighted by molar-refractivity contribution is 6.32. The van der Waals surface area contributed by atoms with E-state index in [-0.39, 0.29) is 29.7 Å². The molecule has 40 heavy (non-hydrogen) atoms. The molecule has 208 valence electrons. The van der Waals surface area contributed by atoms with Gasteiger partial charge in [0.05, 0.1) is 30.2 Å². The lowest BCUT2D eigenvalue weighted by molar-refractivity contribution is -0.181. The summed E-state index contributed by atoms with van der Waals surface area (Å²) in [7, 11) is 4.48. The molecule has 3 aliphatic rings. The number of aldehydes is 1. The Balaban J connectivity index is 1.66. The Morgan fingerprint density at radius 2 is 1.82 bits per heavy atom. The molecule has 4 N–H and O–H groups in total. The number of ketones is 4. The van der Waals surface area contributed by atoms with Crippen LogP contribution in [-0.4, -0.2) is 83.3 Å². The minimum Gasteiger partial charge on any atom is -0.507 e. The monoisotopic (exact) mass is 548 g/mol. The minimum atomic E-state index is -2.78. The smallest absolute Gasteiger partial charge is 0.235 e. The Morgan fingerprint density at radius 3 is 2.42 bits per heavy atom. The van der Waals surface area contributed by atoms with E-state index in [0.717, 1.165) is 0 Å². The van der Waals surface area contributed by atoms with Crippen LogP contribution in [0.3, 0.4) is 0 Å². The summed E-state index contributed by atoms with van der Waals surface area (Å²) in [6, 6.07) is 6.62. The summed E-state index contributed by atoms with van der Waals surface area (Å²) in [5.74, 6) is -10.7. The van der Waals surface area contributed by atoms with Crippen molar-refractivity contribution in [2.75, 3.05) is 21.2 Å². The molecule has 3 aliphatic carbocycles. The third-order valence-corrected chi connectivity index (χ3v) is 8.61. The fraction of sp³-hybridized carbons (Fsp3) is 0.379. The van der Waals surface area contributed by atoms with Gasteiger partial charge in [-0.15, -0.1) is 0 Å². The summed E-state index contributed by atoms with van der Waals surface area (Å²) in [5.41, 5.74) is 4.28. The Hall–Kier alpha value is -4.22. The number of primary amides is 1. The predicted molar refractivity (Wildman–Crippen MR) is 139 cm³/mol. The third kappa shape index (κ3) is 3.65. The van der Waals surface area contributed by atoms with E-state index in [2.05, 4.69) is 0 Å². The van der Waals surface area contributed by atoms with Gasteiger partial charge in [-0.1, -0.05) is 12.1 Å². The Bertz CT molecular complexity index is 1510. The third-order valence-electron chi connectivity index (χ3n) is 8.61. The highest BCUT2D eigenvalue weighted by Gasteiger charge is 2.69. The molecule has 11 heteroatoms. The number of hydrogen-bond acceptors (Lipinski definition) is 10. The van der Waals surface area contributed by atoms with Gasteiger partial charge in [-0.25, -0.2) is 0 Å². The van der Waals surface area contributed by atoms with Crippen LogP contribution in [0.15, 0.2) is 30.3 Å². The number of nitrogens with zero attached hydrogens (tertiary/aromatic N) is 1. The molecule has 0 saturated heterocycles. The molecule has 1 amide bonds. The summed E-state index contributed by atoms with van der Waals surface area (Å²) >= 11 is 0. The number of fused-ring (bicyclic) bond motifs is 3. The number of amides is 1. The molecular formula is C29H28N2O9. The first-order valence-electron chi connectivity index (χ1n) is 12.7. The Labute approximate surface area is 228 Å². The van der Waals surface area contributed by atoms with Crippen LogP contribution in [0.2, 0.25) is 0 Å². The maximum absolute atomic E-state index is 13.9. The molecule has 5 rings (SSSR count). The van der Waals surface area contributed by atoms with Gasteiger partial charge in [0.25, 0.3) is 0 Å². The van der Waals surface area contributed by atoms with Gasteiger partial charge in [0.15, 0.2) is 40.9 Å². The zero-order valence-corrected chi connectivity index (χ0v) is 22.0. The van der Waals surface area contributed by atoms with Crippen molar-refractivity contribution in [2.45, 2.75) is 24.5 Å². The first-order valence-corrected chi connectivity index (χ1v) is 12.7. The van der Waals surface area contributed by atoms with Crippen molar-refractivity contribution in [3.8, 4) is 22.6 Å². The van der Waals surface area contributed by atoms with E-state index in [1.807, 2.05) is 0 Å². The largest absolute Gasteiger partial charge is 0.507 e. The average Bonchev–Trinajstić information content (AvgIpc) is 2.90. The average molecular weight is 549 g/mol. The highest BCUT2D eigenvalue weighted by atomic mass is 16.5. The number of phenols is 1. The lowest BCUT2D eigenvalue weighted by Gasteiger charge is -2.52. The zero-order valence-electron chi connectivity index (χ0n) is 22.0. The van der Waals surface area contributed by atoms with Crippen LogP contribution in [0.5, 0.6) is 11.5 Å². The van der Waals surface area contributed by atoms with Crippen molar-refractivity contribution in [1.82, 2.24) is 4.90 Å². The first-order chi connectivity index (χ1) is 18.9. The molecule has 2 saturated carbocycles. The molecule has 0 aromatic heterocycles. The number of aromatic hydroxyl groups is 1. The van der Waals surface area contributed by atoms with Gasteiger partial charge < -0.3 is 20.7 Å². The van der Waals surface area contributed by atoms with Crippen LogP contribution in [0, 0.1) is 23.7 Å². The molecule has 0 aliphatic heterocycles. The van der Waals surface area contributed by atoms with Gasteiger partial charge in [-0.3, -0.25) is 33.7 Å². The topological polar surface area (TPSA) is 181 Å². The van der Waals surface area contributed by atoms with Gasteiger partial charge in [0.2, 0.25) is 5.91 Å². The number of rotatable bonds is 5. The van der Waals surface area contributed by atoms with Crippen LogP contribution < -0.4 is 10.5 Å². The van der Waals surface area contributed by atoms with Crippen LogP contribution in [0.1, 0.15) is 32.7 Å². The van der Waals surface area contributed by atoms with E-state index in [0.29, 0.717) is 28.7 Å². The summed E-state index contributed by atoms with van der Waals surface area (Å²) in [4.78, 5) is 79.5. The second-order valence-electron chi connectivity index (χ2n) is 10.8. The number of methoxy groups -OCH3 is 1. The lowest BCUT2D eigenvalue weighted by Crippen LogP contribution is -2.74. The molecule has 6 atom stereocenters. The van der Waals surface area contributed by atoms with E-state index >= 15 is 0 Å². The number of likely N-dealkylation sites (N-methyl/N-ethyl adjacent to an activating group) is 1. The number of ether oxygens (including phenoxy) is 1. The molecule has 2 fully saturated rings. The van der Waals surface area contributed by atoms with Crippen molar-refractivity contribution >= 4 is 35.3 Å². The van der Waals surface area contributed by atoms with E-state index in [1.165, 1.54) is 32.2 Å². The van der Waals surface area contributed by atoms with Crippen molar-refractivity contribution in [1.29, 1.82) is 0 Å². The summed E-state index contributed by atoms with van der Waals surface area (Å²) in [6.07, 6.45) is 0.689. The van der Waals surface area contributed by atoms with Gasteiger partial charge in [-0.05, 0) is 67.7 Å². The number of nitrogens with two attached hydrogens (primary N) is 1. The highest BCUT2D eigenvalue weighted by Crippen LogP contribution is 2.51. The second-order valence-corrected chi connectivity index (χ2v) is 10.8. The molecular weight excluding hydrogens is 520 g/mol. The normalized spacial score (nSPS) is 29.5. The lowest BCUT2D eigenvalue weighted by atomic mass is 9.52. The standard InChI is InChI=1S/C29H28N2O9/c1-31(2)23-17-10-13-9-16-15(12-4-7-19(40-3)14(8-12)11-32)5-6-18(33)21(16)24(34)20(13)26(36)29(17,39)27(37)22(25(23)35)28(30)38/h4-8,11,13,17,20,22-23,33,39H,9-10H2,1-3H3,(H2,30,38)/t13-,17-,20?,22?,23-,29-/m1/s1. The van der Waals surface area contributed by atoms with Crippen LogP contribution in [0.25, 0.3) is 11.1 Å². The number of carbonyl (C=O) groups excluding carboxylic acids is 6. The van der Waals surface area contributed by atoms with E-state index in [9.17, 15) is 39.0 Å². The fourth-order valence-electron chi connectivity index (χ4n) is 6.87. The number of aliphatic hydroxyl groups is 1. The Morgan fingerprint density at radius 1 is 1.12 bits per heavy atom. The van der Waals surface area contributed by atoms with E-state index < -0.39 is 64.4 Å². The SMILES string of the molecule is COc1ccc(-c2ccc(O)c3c2C[C@@H]2C[C@@H]4[C@@H](N(C)C)C(=O)C(C(N)=O)C(=O)[C@]4(O)C(=O)C2C3=O)cc1C=O. The second kappa shape index (κ2) is 9.46. The van der Waals surface area contributed by atoms with Crippen molar-refractivity contribution in [3.05, 3.63) is 47.0 Å². The molecule has 0 radical (unpaired) electrons. The molecule has 0 spiro atoms. The number of benzene rings is 2. The molecule has 2 aromatic rings. The predicted octanol–water partition coefficient (Wildman–Crippen LogP) is 0.355. The number of Topliss-reactive ketones (excluding diaryl/α,β-unsaturated/α-hetero) is 4. The minimum absolute atomic E-state index is 0.0544. The fourth-order valence-corrected chi connectivity index (χ4v) is 6.87. The molecule has 0 bridgehead atoms. The summed E-state index contributed by atoms with van der Waals surface area (Å²) in [5, 5.41) is 22.4. The van der Waals surface area contributed by atoms with Crippen LogP contribution in [-0.2, 0) is 25.6 Å². The number of carbonyl (C=O) groups is 6. The summed E-state index contributed by atoms with van der Waals surface area (Å²) in [6.45, 7) is 0. The quantitative estimate of drug-likeness (QED) is 0.348. The molecule has 11 nitrogen and oxygen atoms in total. The van der Waals surface area contributed by atoms with Crippen molar-refractivity contribution in [2.24, 2.45) is 29.4 Å². The molecule has 2 aromatic carbocycles. The van der Waals surface area contributed by atoms with Gasteiger partial charge in [0, 0.05) is 5.92 Å². The van der Waals surface area contributed by atoms with Gasteiger partial charge >= 0.3 is 0 Å². The van der Waals surface area contributed by atoms with Gasteiger partial charge in [-0.2, -0.15) is 0 Å². The van der Waals surface area contributed by atoms with E-state index in [4.69, 9.17) is 10.5 Å². The number of phenolic OH excluding ortho intramolecular Hbond substituents is 1. The summed E-state index contributed by atoms with van der Waals surface area (Å²) < 4.78 is 5.21. The van der Waals surface area contributed by atoms with Gasteiger partial charge in [0.1, 0.15) is 11.5 Å². The maximum Gasteiger partial charge on any atom is 0.235 e. The first kappa shape index (κ1) is 27.4.